The number of anilines is 1. The van der Waals surface area contributed by atoms with E-state index >= 15 is 0 Å². The predicted molar refractivity (Wildman–Crippen MR) is 94.0 cm³/mol. The summed E-state index contributed by atoms with van der Waals surface area (Å²) in [6.07, 6.45) is 1.36. The summed E-state index contributed by atoms with van der Waals surface area (Å²) in [6.45, 7) is 5.62. The summed E-state index contributed by atoms with van der Waals surface area (Å²) >= 11 is 0. The van der Waals surface area contributed by atoms with Crippen molar-refractivity contribution in [1.29, 1.82) is 0 Å². The molecule has 1 rings (SSSR count). The minimum Gasteiger partial charge on any atom is -0.453 e. The van der Waals surface area contributed by atoms with E-state index in [0.29, 0.717) is 12.2 Å². The van der Waals surface area contributed by atoms with E-state index in [2.05, 4.69) is 20.4 Å². The largest absolute Gasteiger partial charge is 0.453 e. The summed E-state index contributed by atoms with van der Waals surface area (Å²) in [7, 11) is 2.75. The summed E-state index contributed by atoms with van der Waals surface area (Å²) in [6, 6.07) is 2.81. The first-order valence-electron chi connectivity index (χ1n) is 8.05. The van der Waals surface area contributed by atoms with Gasteiger partial charge in [0.1, 0.15) is 11.9 Å². The standard InChI is InChI=1S/C17H26N4O4/c1-11(2)8-13(19-17(24)25-5)16(23)21(4)10-15(22)20-14-9-12(3)6-7-18-14/h6-7,9,11,13H,8,10H2,1-5H3,(H,19,24)(H,18,20,22). The Bertz CT molecular complexity index is 618. The van der Waals surface area contributed by atoms with Gasteiger partial charge in [-0.2, -0.15) is 0 Å². The van der Waals surface area contributed by atoms with Crippen LogP contribution in [0.25, 0.3) is 0 Å². The Labute approximate surface area is 147 Å². The smallest absolute Gasteiger partial charge is 0.407 e. The highest BCUT2D eigenvalue weighted by atomic mass is 16.5. The fourth-order valence-corrected chi connectivity index (χ4v) is 2.24. The van der Waals surface area contributed by atoms with Gasteiger partial charge >= 0.3 is 6.09 Å². The zero-order valence-corrected chi connectivity index (χ0v) is 15.3. The monoisotopic (exact) mass is 350 g/mol. The number of aromatic nitrogens is 1. The lowest BCUT2D eigenvalue weighted by Crippen LogP contribution is -2.49. The quantitative estimate of drug-likeness (QED) is 0.777. The third-order valence-corrected chi connectivity index (χ3v) is 3.42. The Morgan fingerprint density at radius 1 is 1.32 bits per heavy atom. The molecule has 25 heavy (non-hydrogen) atoms. The Morgan fingerprint density at radius 2 is 2.00 bits per heavy atom. The molecule has 0 fully saturated rings. The second-order valence-corrected chi connectivity index (χ2v) is 6.28. The van der Waals surface area contributed by atoms with Crippen molar-refractivity contribution >= 4 is 23.7 Å². The van der Waals surface area contributed by atoms with Crippen LogP contribution in [-0.4, -0.2) is 54.5 Å². The lowest BCUT2D eigenvalue weighted by Gasteiger charge is -2.25. The SMILES string of the molecule is COC(=O)NC(CC(C)C)C(=O)N(C)CC(=O)Nc1cc(C)ccn1. The number of hydrogen-bond acceptors (Lipinski definition) is 5. The molecule has 1 atom stereocenters. The molecule has 0 saturated heterocycles. The molecule has 8 heteroatoms. The van der Waals surface area contributed by atoms with Gasteiger partial charge in [-0.15, -0.1) is 0 Å². The van der Waals surface area contributed by atoms with Crippen LogP contribution >= 0.6 is 0 Å². The zero-order valence-electron chi connectivity index (χ0n) is 15.3. The third-order valence-electron chi connectivity index (χ3n) is 3.42. The fourth-order valence-electron chi connectivity index (χ4n) is 2.24. The zero-order chi connectivity index (χ0) is 19.0. The van der Waals surface area contributed by atoms with E-state index in [-0.39, 0.29) is 24.3 Å². The molecule has 0 saturated carbocycles. The molecule has 8 nitrogen and oxygen atoms in total. The summed E-state index contributed by atoms with van der Waals surface area (Å²) in [4.78, 5) is 41.4. The molecule has 0 spiro atoms. The Morgan fingerprint density at radius 3 is 2.56 bits per heavy atom. The van der Waals surface area contributed by atoms with Crippen molar-refractivity contribution in [3.05, 3.63) is 23.9 Å². The summed E-state index contributed by atoms with van der Waals surface area (Å²) in [5, 5.41) is 5.16. The van der Waals surface area contributed by atoms with Gasteiger partial charge in [0.2, 0.25) is 11.8 Å². The van der Waals surface area contributed by atoms with E-state index in [0.717, 1.165) is 5.56 Å². The summed E-state index contributed by atoms with van der Waals surface area (Å²) < 4.78 is 4.56. The van der Waals surface area contributed by atoms with Gasteiger partial charge in [0.05, 0.1) is 13.7 Å². The van der Waals surface area contributed by atoms with Gasteiger partial charge in [-0.25, -0.2) is 9.78 Å². The number of nitrogens with zero attached hydrogens (tertiary/aromatic N) is 2. The maximum Gasteiger partial charge on any atom is 0.407 e. The number of alkyl carbamates (subject to hydrolysis) is 1. The average Bonchev–Trinajstić information content (AvgIpc) is 2.52. The van der Waals surface area contributed by atoms with Gasteiger partial charge in [0.15, 0.2) is 0 Å². The van der Waals surface area contributed by atoms with Crippen LogP contribution in [0.1, 0.15) is 25.8 Å². The van der Waals surface area contributed by atoms with E-state index in [1.54, 1.807) is 12.3 Å². The molecule has 0 radical (unpaired) electrons. The normalized spacial score (nSPS) is 11.6. The number of likely N-dealkylation sites (N-methyl/N-ethyl adjacent to an activating group) is 1. The molecule has 1 aromatic heterocycles. The van der Waals surface area contributed by atoms with E-state index in [1.165, 1.54) is 19.1 Å². The Hall–Kier alpha value is -2.64. The molecule has 0 bridgehead atoms. The van der Waals surface area contributed by atoms with Gasteiger partial charge in [-0.3, -0.25) is 9.59 Å². The van der Waals surface area contributed by atoms with Crippen LogP contribution in [0.2, 0.25) is 0 Å². The second kappa shape index (κ2) is 9.61. The van der Waals surface area contributed by atoms with Gasteiger partial charge in [-0.1, -0.05) is 13.8 Å². The maximum absolute atomic E-state index is 12.5. The number of carbonyl (C=O) groups excluding carboxylic acids is 3. The van der Waals surface area contributed by atoms with Crippen molar-refractivity contribution in [2.45, 2.75) is 33.2 Å². The number of hydrogen-bond donors (Lipinski definition) is 2. The molecule has 0 aromatic carbocycles. The molecule has 1 heterocycles. The first-order valence-corrected chi connectivity index (χ1v) is 8.05. The van der Waals surface area contributed by atoms with Crippen molar-refractivity contribution in [3.8, 4) is 0 Å². The number of pyridine rings is 1. The van der Waals surface area contributed by atoms with Crippen molar-refractivity contribution < 1.29 is 19.1 Å². The van der Waals surface area contributed by atoms with Crippen LogP contribution in [-0.2, 0) is 14.3 Å². The second-order valence-electron chi connectivity index (χ2n) is 6.28. The van der Waals surface area contributed by atoms with Crippen LogP contribution in [0.5, 0.6) is 0 Å². The number of amides is 3. The lowest BCUT2D eigenvalue weighted by atomic mass is 10.0. The molecule has 0 aliphatic carbocycles. The van der Waals surface area contributed by atoms with Crippen LogP contribution in [0.3, 0.4) is 0 Å². The summed E-state index contributed by atoms with van der Waals surface area (Å²) in [5.41, 5.74) is 0.967. The van der Waals surface area contributed by atoms with E-state index in [4.69, 9.17) is 0 Å². The molecule has 138 valence electrons. The number of rotatable bonds is 7. The van der Waals surface area contributed by atoms with Gasteiger partial charge < -0.3 is 20.3 Å². The van der Waals surface area contributed by atoms with Crippen LogP contribution < -0.4 is 10.6 Å². The highest BCUT2D eigenvalue weighted by Crippen LogP contribution is 2.09. The van der Waals surface area contributed by atoms with E-state index in [9.17, 15) is 14.4 Å². The topological polar surface area (TPSA) is 101 Å². The van der Waals surface area contributed by atoms with Gasteiger partial charge in [0.25, 0.3) is 0 Å². The molecule has 0 aliphatic rings. The molecule has 1 aromatic rings. The third kappa shape index (κ3) is 7.19. The van der Waals surface area contributed by atoms with Gasteiger partial charge in [-0.05, 0) is 37.0 Å². The first kappa shape index (κ1) is 20.4. The molecule has 3 amide bonds. The van der Waals surface area contributed by atoms with Crippen molar-refractivity contribution in [2.75, 3.05) is 26.0 Å². The van der Waals surface area contributed by atoms with Crippen LogP contribution in [0.4, 0.5) is 10.6 Å². The lowest BCUT2D eigenvalue weighted by molar-refractivity contribution is -0.135. The van der Waals surface area contributed by atoms with Crippen LogP contribution in [0.15, 0.2) is 18.3 Å². The highest BCUT2D eigenvalue weighted by molar-refractivity contribution is 5.95. The Kier molecular flexibility index (Phi) is 7.84. The number of methoxy groups -OCH3 is 1. The van der Waals surface area contributed by atoms with E-state index < -0.39 is 12.1 Å². The van der Waals surface area contributed by atoms with Crippen molar-refractivity contribution in [1.82, 2.24) is 15.2 Å². The number of aryl methyl sites for hydroxylation is 1. The Balaban J connectivity index is 2.67. The minimum absolute atomic E-state index is 0.147. The molecular weight excluding hydrogens is 324 g/mol. The molecule has 0 aliphatic heterocycles. The molecular formula is C17H26N4O4. The number of ether oxygens (including phenoxy) is 1. The molecule has 2 N–H and O–H groups in total. The fraction of sp³-hybridized carbons (Fsp3) is 0.529. The highest BCUT2D eigenvalue weighted by Gasteiger charge is 2.26. The van der Waals surface area contributed by atoms with Gasteiger partial charge in [0, 0.05) is 13.2 Å². The number of nitrogens with one attached hydrogen (secondary N) is 2. The van der Waals surface area contributed by atoms with Crippen molar-refractivity contribution in [2.24, 2.45) is 5.92 Å². The van der Waals surface area contributed by atoms with Crippen molar-refractivity contribution in [3.63, 3.8) is 0 Å². The van der Waals surface area contributed by atoms with Crippen LogP contribution in [0, 0.1) is 12.8 Å². The average molecular weight is 350 g/mol. The minimum atomic E-state index is -0.748. The summed E-state index contributed by atoms with van der Waals surface area (Å²) in [5.74, 6) is -0.108. The number of carbonyl (C=O) groups is 3. The maximum atomic E-state index is 12.5. The molecule has 1 unspecified atom stereocenters. The first-order chi connectivity index (χ1) is 11.7. The predicted octanol–water partition coefficient (Wildman–Crippen LogP) is 1.56. The van der Waals surface area contributed by atoms with E-state index in [1.807, 2.05) is 26.8 Å².